The molecule has 3 aromatic rings. The standard InChI is InChI=1S/C29H34N4O4S2/c1-35-19-21(18-32-7-11-36-12-8-32)30-20-5-6-25-27(15-20)38-26-4-2-3-23(29(26)39-25)24-16-22(17-28(34)31-24)33-9-13-37-14-10-33/h2-6,15-17,21,30H,7-14,18-19H2,1H3,(H,31,34)/t21-/m0/s1. The van der Waals surface area contributed by atoms with Gasteiger partial charge in [0.15, 0.2) is 0 Å². The first-order valence-corrected chi connectivity index (χ1v) is 15.1. The smallest absolute Gasteiger partial charge is 0.250 e. The summed E-state index contributed by atoms with van der Waals surface area (Å²) >= 11 is 3.55. The SMILES string of the molecule is COC[C@H](CN1CCOCC1)Nc1ccc2c(c1)Sc1cccc(-c3cc(N4CCOCC4)cc(=O)[nH]3)c1S2. The van der Waals surface area contributed by atoms with E-state index >= 15 is 0 Å². The van der Waals surface area contributed by atoms with Gasteiger partial charge >= 0.3 is 0 Å². The summed E-state index contributed by atoms with van der Waals surface area (Å²) in [5.41, 5.74) is 3.86. The molecule has 0 aliphatic carbocycles. The molecule has 39 heavy (non-hydrogen) atoms. The molecule has 206 valence electrons. The van der Waals surface area contributed by atoms with Gasteiger partial charge < -0.3 is 29.4 Å². The highest BCUT2D eigenvalue weighted by molar-refractivity contribution is 8.05. The summed E-state index contributed by atoms with van der Waals surface area (Å²) in [6, 6.07) is 16.9. The van der Waals surface area contributed by atoms with E-state index in [0.717, 1.165) is 68.6 Å². The predicted molar refractivity (Wildman–Crippen MR) is 157 cm³/mol. The fraction of sp³-hybridized carbons (Fsp3) is 0.414. The zero-order valence-corrected chi connectivity index (χ0v) is 23.7. The molecular weight excluding hydrogens is 532 g/mol. The van der Waals surface area contributed by atoms with E-state index in [1.54, 1.807) is 36.7 Å². The van der Waals surface area contributed by atoms with Crippen LogP contribution in [0.15, 0.2) is 72.9 Å². The van der Waals surface area contributed by atoms with Gasteiger partial charge in [0.2, 0.25) is 5.56 Å². The lowest BCUT2D eigenvalue weighted by atomic mass is 10.1. The lowest BCUT2D eigenvalue weighted by Crippen LogP contribution is -2.44. The van der Waals surface area contributed by atoms with Gasteiger partial charge in [0.1, 0.15) is 0 Å². The van der Waals surface area contributed by atoms with E-state index in [2.05, 4.69) is 62.6 Å². The summed E-state index contributed by atoms with van der Waals surface area (Å²) < 4.78 is 16.5. The van der Waals surface area contributed by atoms with Crippen molar-refractivity contribution in [2.75, 3.05) is 83.1 Å². The van der Waals surface area contributed by atoms with Crippen LogP contribution >= 0.6 is 23.5 Å². The number of fused-ring (bicyclic) bond motifs is 2. The van der Waals surface area contributed by atoms with Crippen molar-refractivity contribution in [3.05, 3.63) is 58.9 Å². The Morgan fingerprint density at radius 3 is 2.54 bits per heavy atom. The molecule has 0 spiro atoms. The van der Waals surface area contributed by atoms with Crippen molar-refractivity contribution in [1.29, 1.82) is 0 Å². The molecule has 3 aliphatic rings. The van der Waals surface area contributed by atoms with Crippen LogP contribution in [-0.4, -0.2) is 88.8 Å². The van der Waals surface area contributed by atoms with Gasteiger partial charge in [0, 0.05) is 82.4 Å². The Bertz CT molecular complexity index is 1360. The average molecular weight is 567 g/mol. The Morgan fingerprint density at radius 2 is 1.74 bits per heavy atom. The highest BCUT2D eigenvalue weighted by Gasteiger charge is 2.23. The fourth-order valence-electron chi connectivity index (χ4n) is 5.25. The molecule has 0 amide bonds. The van der Waals surface area contributed by atoms with Crippen LogP contribution < -0.4 is 15.8 Å². The van der Waals surface area contributed by atoms with Gasteiger partial charge in [0.05, 0.1) is 44.8 Å². The van der Waals surface area contributed by atoms with Crippen LogP contribution in [0.2, 0.25) is 0 Å². The molecule has 0 bridgehead atoms. The van der Waals surface area contributed by atoms with Gasteiger partial charge in [-0.2, -0.15) is 0 Å². The number of pyridine rings is 1. The Labute approximate surface area is 237 Å². The monoisotopic (exact) mass is 566 g/mol. The number of morpholine rings is 2. The number of nitrogens with one attached hydrogen (secondary N) is 2. The van der Waals surface area contributed by atoms with Crippen LogP contribution in [0.3, 0.4) is 0 Å². The van der Waals surface area contributed by atoms with Gasteiger partial charge in [-0.25, -0.2) is 0 Å². The van der Waals surface area contributed by atoms with Gasteiger partial charge in [-0.05, 0) is 30.3 Å². The summed E-state index contributed by atoms with van der Waals surface area (Å²) in [5.74, 6) is 0. The quantitative estimate of drug-likeness (QED) is 0.325. The van der Waals surface area contributed by atoms with Crippen LogP contribution in [-0.2, 0) is 14.2 Å². The highest BCUT2D eigenvalue weighted by atomic mass is 32.2. The van der Waals surface area contributed by atoms with E-state index in [-0.39, 0.29) is 11.6 Å². The molecule has 3 aliphatic heterocycles. The van der Waals surface area contributed by atoms with Crippen molar-refractivity contribution in [2.45, 2.75) is 25.6 Å². The number of nitrogens with zero attached hydrogens (tertiary/aromatic N) is 2. The topological polar surface area (TPSA) is 79.1 Å². The van der Waals surface area contributed by atoms with Crippen LogP contribution in [0.25, 0.3) is 11.3 Å². The zero-order chi connectivity index (χ0) is 26.6. The number of ether oxygens (including phenoxy) is 3. The highest BCUT2D eigenvalue weighted by Crippen LogP contribution is 2.52. The summed E-state index contributed by atoms with van der Waals surface area (Å²) in [6.07, 6.45) is 0. The van der Waals surface area contributed by atoms with Gasteiger partial charge in [0.25, 0.3) is 0 Å². The van der Waals surface area contributed by atoms with Gasteiger partial charge in [-0.3, -0.25) is 9.69 Å². The molecule has 0 saturated carbocycles. The second-order valence-electron chi connectivity index (χ2n) is 9.92. The summed E-state index contributed by atoms with van der Waals surface area (Å²) in [7, 11) is 1.76. The maximum atomic E-state index is 12.6. The number of anilines is 2. The maximum Gasteiger partial charge on any atom is 0.250 e. The lowest BCUT2D eigenvalue weighted by molar-refractivity contribution is 0.0319. The largest absolute Gasteiger partial charge is 0.383 e. The molecule has 8 nitrogen and oxygen atoms in total. The number of rotatable bonds is 8. The van der Waals surface area contributed by atoms with E-state index in [0.29, 0.717) is 19.8 Å². The van der Waals surface area contributed by atoms with Crippen molar-refractivity contribution >= 4 is 34.9 Å². The van der Waals surface area contributed by atoms with Gasteiger partial charge in [-0.15, -0.1) is 0 Å². The van der Waals surface area contributed by atoms with Crippen molar-refractivity contribution in [1.82, 2.24) is 9.88 Å². The fourth-order valence-corrected chi connectivity index (χ4v) is 7.67. The molecule has 10 heteroatoms. The minimum atomic E-state index is -0.0844. The molecule has 2 aromatic carbocycles. The number of methoxy groups -OCH3 is 1. The normalized spacial score (nSPS) is 18.3. The average Bonchev–Trinajstić information content (AvgIpc) is 2.96. The Balaban J connectivity index is 1.22. The molecule has 4 heterocycles. The van der Waals surface area contributed by atoms with Crippen molar-refractivity contribution < 1.29 is 14.2 Å². The second-order valence-corrected chi connectivity index (χ2v) is 12.1. The predicted octanol–water partition coefficient (Wildman–Crippen LogP) is 4.25. The van der Waals surface area contributed by atoms with Crippen LogP contribution in [0.4, 0.5) is 11.4 Å². The van der Waals surface area contributed by atoms with Crippen molar-refractivity contribution in [3.8, 4) is 11.3 Å². The number of hydrogen-bond donors (Lipinski definition) is 2. The van der Waals surface area contributed by atoms with Gasteiger partial charge in [-0.1, -0.05) is 35.7 Å². The molecule has 0 unspecified atom stereocenters. The van der Waals surface area contributed by atoms with E-state index in [4.69, 9.17) is 14.2 Å². The van der Waals surface area contributed by atoms with Crippen LogP contribution in [0.5, 0.6) is 0 Å². The Morgan fingerprint density at radius 1 is 0.949 bits per heavy atom. The van der Waals surface area contributed by atoms with E-state index in [1.165, 1.54) is 19.6 Å². The summed E-state index contributed by atoms with van der Waals surface area (Å²) in [5, 5.41) is 3.70. The van der Waals surface area contributed by atoms with E-state index < -0.39 is 0 Å². The molecule has 6 rings (SSSR count). The molecule has 2 saturated heterocycles. The number of hydrogen-bond acceptors (Lipinski definition) is 9. The molecular formula is C29H34N4O4S2. The van der Waals surface area contributed by atoms with Crippen molar-refractivity contribution in [2.24, 2.45) is 0 Å². The number of benzene rings is 2. The third-order valence-electron chi connectivity index (χ3n) is 7.17. The van der Waals surface area contributed by atoms with E-state index in [9.17, 15) is 4.79 Å². The Kier molecular flexibility index (Phi) is 8.48. The Hall–Kier alpha value is -2.47. The first-order valence-electron chi connectivity index (χ1n) is 13.4. The molecule has 1 aromatic heterocycles. The van der Waals surface area contributed by atoms with E-state index in [1.807, 2.05) is 0 Å². The molecule has 2 fully saturated rings. The molecule has 0 radical (unpaired) electrons. The minimum Gasteiger partial charge on any atom is -0.383 e. The summed E-state index contributed by atoms with van der Waals surface area (Å²) in [6.45, 7) is 8.01. The van der Waals surface area contributed by atoms with Crippen LogP contribution in [0.1, 0.15) is 0 Å². The van der Waals surface area contributed by atoms with Crippen LogP contribution in [0, 0.1) is 0 Å². The first kappa shape index (κ1) is 26.7. The second kappa shape index (κ2) is 12.4. The molecule has 1 atom stereocenters. The molecule has 2 N–H and O–H groups in total. The third kappa shape index (κ3) is 6.32. The lowest BCUT2D eigenvalue weighted by Gasteiger charge is -2.31. The summed E-state index contributed by atoms with van der Waals surface area (Å²) in [4.78, 5) is 25.2. The number of aromatic amines is 1. The van der Waals surface area contributed by atoms with Crippen molar-refractivity contribution in [3.63, 3.8) is 0 Å². The number of H-pyrrole nitrogens is 1. The third-order valence-corrected chi connectivity index (χ3v) is 9.77. The number of aromatic nitrogens is 1. The minimum absolute atomic E-state index is 0.0844. The zero-order valence-electron chi connectivity index (χ0n) is 22.1. The first-order chi connectivity index (χ1) is 19.2. The maximum absolute atomic E-state index is 12.6.